The lowest BCUT2D eigenvalue weighted by Crippen LogP contribution is -2.67. The summed E-state index contributed by atoms with van der Waals surface area (Å²) in [5.74, 6) is -4.11. The van der Waals surface area contributed by atoms with Crippen LogP contribution in [0.15, 0.2) is 17.1 Å². The van der Waals surface area contributed by atoms with E-state index in [9.17, 15) is 44.4 Å². The number of anilines is 1. The summed E-state index contributed by atoms with van der Waals surface area (Å²) in [6.07, 6.45) is -6.12. The zero-order valence-electron chi connectivity index (χ0n) is 19.6. The number of aliphatic hydroxyl groups is 4. The van der Waals surface area contributed by atoms with Crippen molar-refractivity contribution in [2.75, 3.05) is 32.5 Å². The second kappa shape index (κ2) is 13.0. The van der Waals surface area contributed by atoms with Crippen LogP contribution < -0.4 is 38.4 Å². The van der Waals surface area contributed by atoms with Crippen molar-refractivity contribution in [2.24, 2.45) is 5.73 Å². The number of primary amides is 1. The Morgan fingerprint density at radius 2 is 1.73 bits per heavy atom. The van der Waals surface area contributed by atoms with Crippen molar-refractivity contribution in [3.63, 3.8) is 0 Å². The van der Waals surface area contributed by atoms with Crippen molar-refractivity contribution >= 4 is 29.4 Å². The van der Waals surface area contributed by atoms with Gasteiger partial charge in [-0.3, -0.25) is 23.7 Å². The lowest BCUT2D eigenvalue weighted by molar-refractivity contribution is -0.212. The summed E-state index contributed by atoms with van der Waals surface area (Å²) in [7, 11) is 1.48. The molecule has 37 heavy (non-hydrogen) atoms. The predicted octanol–water partition coefficient (Wildman–Crippen LogP) is -7.41. The monoisotopic (exact) mass is 530 g/mol. The van der Waals surface area contributed by atoms with Crippen molar-refractivity contribution in [2.45, 2.75) is 42.7 Å². The Balaban J connectivity index is 2.18. The molecular weight excluding hydrogens is 500 g/mol. The molecule has 1 aromatic heterocycles. The topological polar surface area (TPSA) is 293 Å². The van der Waals surface area contributed by atoms with E-state index in [0.717, 1.165) is 10.8 Å². The van der Waals surface area contributed by atoms with Crippen LogP contribution in [0, 0.1) is 0 Å². The molecule has 1 aromatic rings. The van der Waals surface area contributed by atoms with E-state index in [4.69, 9.17) is 16.2 Å². The Kier molecular flexibility index (Phi) is 10.4. The average molecular weight is 530 g/mol. The summed E-state index contributed by atoms with van der Waals surface area (Å²) in [6, 6.07) is -3.61. The van der Waals surface area contributed by atoms with Crippen LogP contribution in [0.25, 0.3) is 0 Å². The molecule has 0 radical (unpaired) electrons. The highest BCUT2D eigenvalue weighted by atomic mass is 16.5. The smallest absolute Gasteiger partial charge is 0.351 e. The van der Waals surface area contributed by atoms with E-state index in [1.807, 2.05) is 0 Å². The van der Waals surface area contributed by atoms with Crippen molar-refractivity contribution in [1.29, 1.82) is 0 Å². The van der Waals surface area contributed by atoms with Crippen LogP contribution in [0.3, 0.4) is 0 Å². The molecule has 0 aromatic carbocycles. The van der Waals surface area contributed by atoms with Crippen molar-refractivity contribution in [3.05, 3.63) is 22.7 Å². The van der Waals surface area contributed by atoms with Gasteiger partial charge in [-0.2, -0.15) is 4.98 Å². The van der Waals surface area contributed by atoms with Gasteiger partial charge in [-0.25, -0.2) is 4.79 Å². The summed E-state index contributed by atoms with van der Waals surface area (Å²) < 4.78 is 6.17. The molecule has 0 aliphatic carbocycles. The first-order valence-electron chi connectivity index (χ1n) is 10.9. The Morgan fingerprint density at radius 1 is 1.11 bits per heavy atom. The van der Waals surface area contributed by atoms with Gasteiger partial charge in [0.2, 0.25) is 23.6 Å². The largest absolute Gasteiger partial charge is 0.394 e. The highest BCUT2D eigenvalue weighted by Crippen LogP contribution is 2.27. The molecule has 4 amide bonds. The summed E-state index contributed by atoms with van der Waals surface area (Å²) in [5, 5.41) is 49.2. The van der Waals surface area contributed by atoms with E-state index in [0.29, 0.717) is 0 Å². The number of nitrogens with zero attached hydrogens (tertiary/aromatic N) is 2. The lowest BCUT2D eigenvalue weighted by atomic mass is 9.94. The molecule has 12 N–H and O–H groups in total. The Labute approximate surface area is 209 Å². The number of rotatable bonds is 11. The summed E-state index contributed by atoms with van der Waals surface area (Å²) in [6.45, 7) is -1.96. The third-order valence-electron chi connectivity index (χ3n) is 5.32. The van der Waals surface area contributed by atoms with Gasteiger partial charge < -0.3 is 57.9 Å². The first kappa shape index (κ1) is 29.5. The third-order valence-corrected chi connectivity index (χ3v) is 5.32. The standard InChI is InChI=1S/C19H30N8O10/c1-22-4-10(30)23-7(5-28)16(34)24-8(6-29)17(35)26-11-12(31)13(32)18(37-14(11)15(21)33)27-3-2-9(20)25-19(27)36/h2-3,7-8,11-14,18,22,28-29,31-32H,4-6H2,1H3,(H2,21,33)(H,23,30)(H,24,34)(H,26,35)(H2,20,25,36)/t7-,8-,11-,12-,13+,14-,18+/m0/s1. The molecule has 0 saturated carbocycles. The number of nitrogen functional groups attached to an aromatic ring is 1. The fourth-order valence-electron chi connectivity index (χ4n) is 3.46. The Morgan fingerprint density at radius 3 is 2.27 bits per heavy atom. The van der Waals surface area contributed by atoms with Crippen molar-refractivity contribution in [1.82, 2.24) is 30.8 Å². The Bertz CT molecular complexity index is 1050. The molecule has 7 atom stereocenters. The number of aliphatic hydroxyl groups excluding tert-OH is 4. The number of likely N-dealkylation sites (N-methyl/N-ethyl adjacent to an activating group) is 1. The van der Waals surface area contributed by atoms with E-state index in [1.165, 1.54) is 13.1 Å². The van der Waals surface area contributed by atoms with Crippen molar-refractivity contribution in [3.8, 4) is 0 Å². The molecule has 206 valence electrons. The van der Waals surface area contributed by atoms with Gasteiger partial charge in [-0.05, 0) is 13.1 Å². The number of nitrogens with one attached hydrogen (secondary N) is 4. The van der Waals surface area contributed by atoms with Gasteiger partial charge in [-0.15, -0.1) is 0 Å². The van der Waals surface area contributed by atoms with Gasteiger partial charge in [0.05, 0.1) is 25.8 Å². The van der Waals surface area contributed by atoms with Crippen LogP contribution >= 0.6 is 0 Å². The number of aromatic nitrogens is 2. The van der Waals surface area contributed by atoms with Crippen LogP contribution in [0.2, 0.25) is 0 Å². The fraction of sp³-hybridized carbons (Fsp3) is 0.579. The van der Waals surface area contributed by atoms with E-state index in [1.54, 1.807) is 0 Å². The van der Waals surface area contributed by atoms with E-state index < -0.39 is 85.2 Å². The van der Waals surface area contributed by atoms with Gasteiger partial charge in [0.25, 0.3) is 0 Å². The minimum absolute atomic E-state index is 0.134. The zero-order chi connectivity index (χ0) is 27.9. The molecule has 2 heterocycles. The molecule has 1 saturated heterocycles. The summed E-state index contributed by atoms with van der Waals surface area (Å²) in [5.41, 5.74) is 9.80. The normalized spacial score (nSPS) is 24.9. The highest BCUT2D eigenvalue weighted by Gasteiger charge is 2.49. The molecule has 1 fully saturated rings. The maximum absolute atomic E-state index is 12.8. The van der Waals surface area contributed by atoms with Crippen LogP contribution in [0.1, 0.15) is 6.23 Å². The minimum Gasteiger partial charge on any atom is -0.394 e. The third kappa shape index (κ3) is 7.18. The number of hydrogen-bond acceptors (Lipinski definition) is 13. The van der Waals surface area contributed by atoms with Crippen molar-refractivity contribution < 1.29 is 44.3 Å². The summed E-state index contributed by atoms with van der Waals surface area (Å²) in [4.78, 5) is 64.5. The van der Waals surface area contributed by atoms with Gasteiger partial charge in [0.1, 0.15) is 30.1 Å². The highest BCUT2D eigenvalue weighted by molar-refractivity contribution is 5.93. The van der Waals surface area contributed by atoms with Gasteiger partial charge >= 0.3 is 5.69 Å². The predicted molar refractivity (Wildman–Crippen MR) is 122 cm³/mol. The van der Waals surface area contributed by atoms with Crippen LogP contribution in [0.4, 0.5) is 5.82 Å². The number of nitrogens with two attached hydrogens (primary N) is 2. The number of carbonyl (C=O) groups is 4. The molecular formula is C19H30N8O10. The first-order valence-corrected chi connectivity index (χ1v) is 10.9. The lowest BCUT2D eigenvalue weighted by Gasteiger charge is -2.42. The van der Waals surface area contributed by atoms with E-state index >= 15 is 0 Å². The molecule has 18 nitrogen and oxygen atoms in total. The molecule has 0 bridgehead atoms. The zero-order valence-corrected chi connectivity index (χ0v) is 19.6. The molecule has 0 spiro atoms. The quantitative estimate of drug-likeness (QED) is 0.127. The number of carbonyl (C=O) groups excluding carboxylic acids is 4. The van der Waals surface area contributed by atoms with Crippen LogP contribution in [-0.4, -0.2) is 117 Å². The Hall–Kier alpha value is -3.68. The fourth-order valence-corrected chi connectivity index (χ4v) is 3.46. The number of hydrogen-bond donors (Lipinski definition) is 10. The second-order valence-corrected chi connectivity index (χ2v) is 7.98. The maximum atomic E-state index is 12.8. The second-order valence-electron chi connectivity index (χ2n) is 7.98. The molecule has 2 rings (SSSR count). The van der Waals surface area contributed by atoms with Crippen LogP contribution in [-0.2, 0) is 23.9 Å². The van der Waals surface area contributed by atoms with E-state index in [-0.39, 0.29) is 12.4 Å². The SMILES string of the molecule is CNCC(=O)N[C@@H](CO)C(=O)N[C@@H](CO)C(=O)N[C@H]1[C@H](O)[C@@H](O)[C@H](n2ccc(N)nc2=O)O[C@@H]1C(N)=O. The summed E-state index contributed by atoms with van der Waals surface area (Å²) >= 11 is 0. The molecule has 0 unspecified atom stereocenters. The molecule has 1 aliphatic heterocycles. The number of ether oxygens (including phenoxy) is 1. The van der Waals surface area contributed by atoms with Gasteiger partial charge in [0, 0.05) is 6.20 Å². The first-order chi connectivity index (χ1) is 17.4. The van der Waals surface area contributed by atoms with Gasteiger partial charge in [-0.1, -0.05) is 0 Å². The molecule has 1 aliphatic rings. The van der Waals surface area contributed by atoms with Gasteiger partial charge in [0.15, 0.2) is 12.3 Å². The minimum atomic E-state index is -1.93. The molecule has 18 heteroatoms. The number of amides is 4. The average Bonchev–Trinajstić information content (AvgIpc) is 2.84. The van der Waals surface area contributed by atoms with E-state index in [2.05, 4.69) is 26.3 Å². The maximum Gasteiger partial charge on any atom is 0.351 e. The van der Waals surface area contributed by atoms with Crippen LogP contribution in [0.5, 0.6) is 0 Å².